The van der Waals surface area contributed by atoms with Crippen molar-refractivity contribution >= 4 is 22.9 Å². The lowest BCUT2D eigenvalue weighted by Gasteiger charge is -2.36. The Labute approximate surface area is 112 Å². The predicted octanol–water partition coefficient (Wildman–Crippen LogP) is 2.44. The summed E-state index contributed by atoms with van der Waals surface area (Å²) in [7, 11) is 0. The van der Waals surface area contributed by atoms with E-state index in [2.05, 4.69) is 12.2 Å². The van der Waals surface area contributed by atoms with Crippen molar-refractivity contribution in [3.8, 4) is 0 Å². The molecular formula is C13H17FN2OS. The smallest absolute Gasteiger partial charge is 0.135 e. The molecule has 98 valence electrons. The van der Waals surface area contributed by atoms with Gasteiger partial charge < -0.3 is 15.8 Å². The molecule has 3 nitrogen and oxygen atoms in total. The number of thiocarbonyl (C=S) groups is 1. The molecule has 0 saturated carbocycles. The van der Waals surface area contributed by atoms with Gasteiger partial charge in [0, 0.05) is 24.4 Å². The van der Waals surface area contributed by atoms with Crippen LogP contribution in [0.25, 0.3) is 0 Å². The molecule has 1 aromatic rings. The molecule has 1 aromatic carbocycles. The van der Waals surface area contributed by atoms with Crippen LogP contribution in [0.2, 0.25) is 0 Å². The number of halogens is 1. The third-order valence-corrected chi connectivity index (χ3v) is 3.50. The first-order chi connectivity index (χ1) is 8.52. The fourth-order valence-electron chi connectivity index (χ4n) is 2.15. The van der Waals surface area contributed by atoms with E-state index in [0.717, 1.165) is 12.8 Å². The lowest BCUT2D eigenvalue weighted by molar-refractivity contribution is 0.0658. The second-order valence-corrected chi connectivity index (χ2v) is 5.26. The van der Waals surface area contributed by atoms with E-state index in [4.69, 9.17) is 22.7 Å². The minimum absolute atomic E-state index is 0.0752. The van der Waals surface area contributed by atoms with E-state index in [1.807, 2.05) is 0 Å². The Morgan fingerprint density at radius 3 is 2.72 bits per heavy atom. The molecule has 0 spiro atoms. The summed E-state index contributed by atoms with van der Waals surface area (Å²) < 4.78 is 19.1. The first kappa shape index (κ1) is 13.2. The quantitative estimate of drug-likeness (QED) is 0.827. The number of nitrogens with two attached hydrogens (primary N) is 1. The molecule has 0 aromatic heterocycles. The van der Waals surface area contributed by atoms with Gasteiger partial charge in [0.25, 0.3) is 0 Å². The van der Waals surface area contributed by atoms with Crippen LogP contribution in [-0.2, 0) is 4.74 Å². The molecule has 0 amide bonds. The summed E-state index contributed by atoms with van der Waals surface area (Å²) in [6, 6.07) is 4.83. The Hall–Kier alpha value is -1.20. The fourth-order valence-corrected chi connectivity index (χ4v) is 2.36. The number of anilines is 1. The Morgan fingerprint density at radius 2 is 2.11 bits per heavy atom. The summed E-state index contributed by atoms with van der Waals surface area (Å²) in [5, 5.41) is 3.36. The van der Waals surface area contributed by atoms with Crippen LogP contribution in [0, 0.1) is 5.82 Å². The lowest BCUT2D eigenvalue weighted by Crippen LogP contribution is -2.41. The van der Waals surface area contributed by atoms with Crippen molar-refractivity contribution in [1.29, 1.82) is 0 Å². The van der Waals surface area contributed by atoms with E-state index < -0.39 is 0 Å². The first-order valence-corrected chi connectivity index (χ1v) is 6.37. The van der Waals surface area contributed by atoms with Gasteiger partial charge in [0.05, 0.1) is 5.56 Å². The standard InChI is InChI=1S/C13H17FN2OS/c1-13(5-7-17-8-6-13)16-10-4-2-3-9(14)11(10)12(15)18/h2-4,16H,5-8H2,1H3,(H2,15,18). The Kier molecular flexibility index (Phi) is 3.82. The average molecular weight is 268 g/mol. The van der Waals surface area contributed by atoms with Crippen LogP contribution in [-0.4, -0.2) is 23.7 Å². The van der Waals surface area contributed by atoms with Crippen LogP contribution < -0.4 is 11.1 Å². The lowest BCUT2D eigenvalue weighted by atomic mass is 9.91. The number of nitrogens with one attached hydrogen (secondary N) is 1. The largest absolute Gasteiger partial charge is 0.389 e. The van der Waals surface area contributed by atoms with E-state index in [9.17, 15) is 4.39 Å². The molecule has 2 rings (SSSR count). The Bertz CT molecular complexity index is 458. The van der Waals surface area contributed by atoms with Crippen molar-refractivity contribution in [3.05, 3.63) is 29.6 Å². The molecule has 1 fully saturated rings. The summed E-state index contributed by atoms with van der Waals surface area (Å²) in [5.74, 6) is -0.386. The van der Waals surface area contributed by atoms with Gasteiger partial charge in [0.1, 0.15) is 10.8 Å². The molecule has 0 atom stereocenters. The van der Waals surface area contributed by atoms with Crippen LogP contribution in [0.5, 0.6) is 0 Å². The van der Waals surface area contributed by atoms with Crippen molar-refractivity contribution in [2.45, 2.75) is 25.3 Å². The van der Waals surface area contributed by atoms with Gasteiger partial charge in [-0.3, -0.25) is 0 Å². The highest BCUT2D eigenvalue weighted by atomic mass is 32.1. The number of rotatable bonds is 3. The monoisotopic (exact) mass is 268 g/mol. The second-order valence-electron chi connectivity index (χ2n) is 4.82. The van der Waals surface area contributed by atoms with E-state index in [1.54, 1.807) is 12.1 Å². The van der Waals surface area contributed by atoms with Crippen LogP contribution in [0.15, 0.2) is 18.2 Å². The zero-order valence-corrected chi connectivity index (χ0v) is 11.1. The van der Waals surface area contributed by atoms with Gasteiger partial charge in [-0.15, -0.1) is 0 Å². The molecule has 1 aliphatic heterocycles. The Morgan fingerprint density at radius 1 is 1.44 bits per heavy atom. The number of benzene rings is 1. The van der Waals surface area contributed by atoms with Crippen molar-refractivity contribution in [2.75, 3.05) is 18.5 Å². The normalized spacial score (nSPS) is 18.3. The third kappa shape index (κ3) is 2.79. The summed E-state index contributed by atoms with van der Waals surface area (Å²) in [6.07, 6.45) is 1.75. The molecule has 0 aliphatic carbocycles. The van der Waals surface area contributed by atoms with Crippen molar-refractivity contribution < 1.29 is 9.13 Å². The van der Waals surface area contributed by atoms with Gasteiger partial charge in [-0.2, -0.15) is 0 Å². The summed E-state index contributed by atoms with van der Waals surface area (Å²) in [5.41, 5.74) is 6.44. The minimum atomic E-state index is -0.386. The zero-order valence-electron chi connectivity index (χ0n) is 10.3. The van der Waals surface area contributed by atoms with Gasteiger partial charge in [0.2, 0.25) is 0 Å². The molecule has 1 heterocycles. The van der Waals surface area contributed by atoms with E-state index in [1.165, 1.54) is 6.07 Å². The summed E-state index contributed by atoms with van der Waals surface area (Å²) >= 11 is 4.91. The molecule has 18 heavy (non-hydrogen) atoms. The Balaban J connectivity index is 2.28. The van der Waals surface area contributed by atoms with Crippen LogP contribution in [0.4, 0.5) is 10.1 Å². The maximum Gasteiger partial charge on any atom is 0.135 e. The van der Waals surface area contributed by atoms with E-state index in [0.29, 0.717) is 24.5 Å². The van der Waals surface area contributed by atoms with Gasteiger partial charge >= 0.3 is 0 Å². The SMILES string of the molecule is CC1(Nc2cccc(F)c2C(N)=S)CCOCC1. The number of hydrogen-bond donors (Lipinski definition) is 2. The molecule has 1 aliphatic rings. The second kappa shape index (κ2) is 5.20. The highest BCUT2D eigenvalue weighted by Crippen LogP contribution is 2.28. The topological polar surface area (TPSA) is 47.3 Å². The zero-order chi connectivity index (χ0) is 13.2. The van der Waals surface area contributed by atoms with Gasteiger partial charge in [-0.1, -0.05) is 18.3 Å². The van der Waals surface area contributed by atoms with Crippen molar-refractivity contribution in [2.24, 2.45) is 5.73 Å². The van der Waals surface area contributed by atoms with Gasteiger partial charge in [-0.25, -0.2) is 4.39 Å². The van der Waals surface area contributed by atoms with Crippen molar-refractivity contribution in [3.63, 3.8) is 0 Å². The molecule has 3 N–H and O–H groups in total. The number of hydrogen-bond acceptors (Lipinski definition) is 3. The molecule has 0 radical (unpaired) electrons. The fraction of sp³-hybridized carbons (Fsp3) is 0.462. The summed E-state index contributed by atoms with van der Waals surface area (Å²) in [4.78, 5) is 0.0752. The maximum atomic E-state index is 13.7. The average Bonchev–Trinajstić information content (AvgIpc) is 2.28. The summed E-state index contributed by atoms with van der Waals surface area (Å²) in [6.45, 7) is 3.52. The highest BCUT2D eigenvalue weighted by molar-refractivity contribution is 7.80. The maximum absolute atomic E-state index is 13.7. The van der Waals surface area contributed by atoms with Gasteiger partial charge in [-0.05, 0) is 31.9 Å². The van der Waals surface area contributed by atoms with Crippen molar-refractivity contribution in [1.82, 2.24) is 0 Å². The van der Waals surface area contributed by atoms with E-state index >= 15 is 0 Å². The van der Waals surface area contributed by atoms with Crippen LogP contribution in [0.3, 0.4) is 0 Å². The third-order valence-electron chi connectivity index (χ3n) is 3.29. The first-order valence-electron chi connectivity index (χ1n) is 5.96. The molecule has 1 saturated heterocycles. The van der Waals surface area contributed by atoms with E-state index in [-0.39, 0.29) is 16.3 Å². The molecule has 5 heteroatoms. The highest BCUT2D eigenvalue weighted by Gasteiger charge is 2.28. The predicted molar refractivity (Wildman–Crippen MR) is 74.4 cm³/mol. The van der Waals surface area contributed by atoms with Crippen LogP contribution >= 0.6 is 12.2 Å². The molecule has 0 unspecified atom stereocenters. The van der Waals surface area contributed by atoms with Crippen LogP contribution in [0.1, 0.15) is 25.3 Å². The van der Waals surface area contributed by atoms with Gasteiger partial charge in [0.15, 0.2) is 0 Å². The molecule has 0 bridgehead atoms. The number of ether oxygens (including phenoxy) is 1. The minimum Gasteiger partial charge on any atom is -0.389 e. The molecular weight excluding hydrogens is 251 g/mol.